The van der Waals surface area contributed by atoms with Gasteiger partial charge in [-0.1, -0.05) is 42.5 Å². The first-order valence-corrected chi connectivity index (χ1v) is 10.1. The molecule has 4 aromatic rings. The number of pyridine rings is 1. The number of nitrogens with zero attached hydrogens (tertiary/aromatic N) is 3. The number of anilines is 2. The van der Waals surface area contributed by atoms with E-state index < -0.39 is 11.5 Å². The molecule has 0 unspecified atom stereocenters. The second kappa shape index (κ2) is 8.89. The Bertz CT molecular complexity index is 1360. The number of carboxylic acid groups (broad SMARTS) is 1. The first kappa shape index (κ1) is 21.0. The summed E-state index contributed by atoms with van der Waals surface area (Å²) in [6, 6.07) is 14.9. The molecule has 0 fully saturated rings. The maximum Gasteiger partial charge on any atom is 0.356 e. The van der Waals surface area contributed by atoms with Crippen LogP contribution < -0.4 is 15.6 Å². The van der Waals surface area contributed by atoms with Crippen molar-refractivity contribution in [1.82, 2.24) is 14.8 Å². The van der Waals surface area contributed by atoms with Crippen molar-refractivity contribution in [1.29, 1.82) is 0 Å². The van der Waals surface area contributed by atoms with E-state index in [9.17, 15) is 14.7 Å². The van der Waals surface area contributed by atoms with Crippen LogP contribution in [0.15, 0.2) is 65.7 Å². The summed E-state index contributed by atoms with van der Waals surface area (Å²) in [5.74, 6) is -0.613. The van der Waals surface area contributed by atoms with Gasteiger partial charge in [-0.05, 0) is 18.6 Å². The molecule has 32 heavy (non-hydrogen) atoms. The van der Waals surface area contributed by atoms with E-state index in [4.69, 9.17) is 4.74 Å². The summed E-state index contributed by atoms with van der Waals surface area (Å²) >= 11 is 0. The van der Waals surface area contributed by atoms with Crippen LogP contribution >= 0.6 is 0 Å². The number of hydrogen-bond donors (Lipinski definition) is 2. The highest BCUT2D eigenvalue weighted by Crippen LogP contribution is 2.29. The third-order valence-electron chi connectivity index (χ3n) is 5.25. The Kier molecular flexibility index (Phi) is 5.85. The van der Waals surface area contributed by atoms with Crippen LogP contribution in [0.2, 0.25) is 0 Å². The summed E-state index contributed by atoms with van der Waals surface area (Å²) in [5.41, 5.74) is 1.19. The molecular weight excluding hydrogens is 408 g/mol. The minimum absolute atomic E-state index is 0.152. The number of hydrogen-bond acceptors (Lipinski definition) is 6. The number of aryl methyl sites for hydroxylation is 1. The summed E-state index contributed by atoms with van der Waals surface area (Å²) in [6.45, 7) is 1.97. The Morgan fingerprint density at radius 3 is 2.62 bits per heavy atom. The van der Waals surface area contributed by atoms with Gasteiger partial charge in [-0.15, -0.1) is 0 Å². The van der Waals surface area contributed by atoms with Gasteiger partial charge in [0.05, 0.1) is 19.0 Å². The van der Waals surface area contributed by atoms with E-state index in [1.807, 2.05) is 42.5 Å². The Balaban J connectivity index is 1.94. The average molecular weight is 430 g/mol. The predicted molar refractivity (Wildman–Crippen MR) is 122 cm³/mol. The quantitative estimate of drug-likeness (QED) is 0.459. The molecule has 2 aromatic carbocycles. The van der Waals surface area contributed by atoms with E-state index >= 15 is 0 Å². The van der Waals surface area contributed by atoms with Gasteiger partial charge < -0.3 is 15.2 Å². The van der Waals surface area contributed by atoms with Crippen LogP contribution in [0.3, 0.4) is 0 Å². The Hall–Kier alpha value is -4.20. The SMILES string of the molecule is CCn1nc(C(=O)O)c(Cc2ccccc2OC)c(Nc2cncc3ccccc23)c1=O. The van der Waals surface area contributed by atoms with Gasteiger partial charge in [0.2, 0.25) is 0 Å². The standard InChI is InChI=1S/C24H22N4O4/c1-3-28-23(29)21(26-19-14-25-13-16-9-4-6-10-17(16)19)18(22(27-28)24(30)31)12-15-8-5-7-11-20(15)32-2/h4-11,13-14,26H,3,12H2,1-2H3,(H,30,31). The number of aromatic carboxylic acids is 1. The number of para-hydroxylation sites is 1. The van der Waals surface area contributed by atoms with Gasteiger partial charge >= 0.3 is 5.97 Å². The van der Waals surface area contributed by atoms with Crippen LogP contribution in [0.4, 0.5) is 11.4 Å². The monoisotopic (exact) mass is 430 g/mol. The molecule has 2 N–H and O–H groups in total. The third kappa shape index (κ3) is 3.90. The lowest BCUT2D eigenvalue weighted by molar-refractivity contribution is 0.0686. The molecule has 0 aliphatic heterocycles. The molecular formula is C24H22N4O4. The van der Waals surface area contributed by atoms with E-state index in [-0.39, 0.29) is 29.9 Å². The van der Waals surface area contributed by atoms with Crippen LogP contribution in [-0.4, -0.2) is 33.0 Å². The van der Waals surface area contributed by atoms with Crippen LogP contribution in [0.5, 0.6) is 5.75 Å². The molecule has 0 atom stereocenters. The molecule has 162 valence electrons. The molecule has 0 saturated heterocycles. The van der Waals surface area contributed by atoms with Crippen molar-refractivity contribution in [2.24, 2.45) is 0 Å². The smallest absolute Gasteiger partial charge is 0.356 e. The number of fused-ring (bicyclic) bond motifs is 1. The van der Waals surface area contributed by atoms with Crippen molar-refractivity contribution in [3.8, 4) is 5.75 Å². The van der Waals surface area contributed by atoms with Crippen LogP contribution in [0.1, 0.15) is 28.5 Å². The van der Waals surface area contributed by atoms with Crippen molar-refractivity contribution in [3.63, 3.8) is 0 Å². The third-order valence-corrected chi connectivity index (χ3v) is 5.25. The van der Waals surface area contributed by atoms with Crippen molar-refractivity contribution < 1.29 is 14.6 Å². The summed E-state index contributed by atoms with van der Waals surface area (Å²) in [6.07, 6.45) is 3.50. The molecule has 0 bridgehead atoms. The average Bonchev–Trinajstić information content (AvgIpc) is 2.81. The fourth-order valence-corrected chi connectivity index (χ4v) is 3.68. The Morgan fingerprint density at radius 2 is 1.88 bits per heavy atom. The number of carbonyl (C=O) groups is 1. The molecule has 0 spiro atoms. The van der Waals surface area contributed by atoms with Gasteiger partial charge in [0.15, 0.2) is 5.69 Å². The van der Waals surface area contributed by atoms with Crippen LogP contribution in [0.25, 0.3) is 10.8 Å². The lowest BCUT2D eigenvalue weighted by atomic mass is 10.0. The molecule has 0 amide bonds. The van der Waals surface area contributed by atoms with Crippen molar-refractivity contribution in [2.75, 3.05) is 12.4 Å². The fraction of sp³-hybridized carbons (Fsp3) is 0.167. The highest BCUT2D eigenvalue weighted by molar-refractivity contribution is 5.95. The van der Waals surface area contributed by atoms with E-state index in [0.717, 1.165) is 21.0 Å². The molecule has 2 heterocycles. The zero-order valence-corrected chi connectivity index (χ0v) is 17.7. The lowest BCUT2D eigenvalue weighted by Gasteiger charge is -2.17. The molecule has 4 rings (SSSR count). The first-order valence-electron chi connectivity index (χ1n) is 10.1. The van der Waals surface area contributed by atoms with Crippen molar-refractivity contribution in [2.45, 2.75) is 19.9 Å². The van der Waals surface area contributed by atoms with E-state index in [1.54, 1.807) is 32.5 Å². The molecule has 0 radical (unpaired) electrons. The van der Waals surface area contributed by atoms with Gasteiger partial charge in [-0.2, -0.15) is 5.10 Å². The van der Waals surface area contributed by atoms with Gasteiger partial charge in [-0.25, -0.2) is 9.48 Å². The molecule has 0 saturated carbocycles. The molecule has 0 aliphatic rings. The maximum atomic E-state index is 13.3. The summed E-state index contributed by atoms with van der Waals surface area (Å²) in [5, 5.41) is 18.9. The summed E-state index contributed by atoms with van der Waals surface area (Å²) < 4.78 is 6.58. The van der Waals surface area contributed by atoms with Crippen LogP contribution in [-0.2, 0) is 13.0 Å². The van der Waals surface area contributed by atoms with Gasteiger partial charge in [-0.3, -0.25) is 9.78 Å². The highest BCUT2D eigenvalue weighted by atomic mass is 16.5. The minimum atomic E-state index is -1.21. The normalized spacial score (nSPS) is 10.8. The number of rotatable bonds is 7. The zero-order valence-electron chi connectivity index (χ0n) is 17.7. The largest absolute Gasteiger partial charge is 0.496 e. The second-order valence-electron chi connectivity index (χ2n) is 7.15. The second-order valence-corrected chi connectivity index (χ2v) is 7.15. The van der Waals surface area contributed by atoms with Crippen molar-refractivity contribution in [3.05, 3.63) is 88.1 Å². The lowest BCUT2D eigenvalue weighted by Crippen LogP contribution is -2.29. The Morgan fingerprint density at radius 1 is 1.12 bits per heavy atom. The maximum absolute atomic E-state index is 13.3. The zero-order chi connectivity index (χ0) is 22.7. The Labute approximate surface area is 184 Å². The van der Waals surface area contributed by atoms with Gasteiger partial charge in [0.25, 0.3) is 5.56 Å². The molecule has 8 nitrogen and oxygen atoms in total. The highest BCUT2D eigenvalue weighted by Gasteiger charge is 2.23. The minimum Gasteiger partial charge on any atom is -0.496 e. The number of aromatic nitrogens is 3. The number of methoxy groups -OCH3 is 1. The van der Waals surface area contributed by atoms with Crippen molar-refractivity contribution >= 4 is 28.1 Å². The van der Waals surface area contributed by atoms with E-state index in [2.05, 4.69) is 15.4 Å². The van der Waals surface area contributed by atoms with E-state index in [1.165, 1.54) is 0 Å². The van der Waals surface area contributed by atoms with Gasteiger partial charge in [0, 0.05) is 35.5 Å². The molecule has 0 aliphatic carbocycles. The molecule has 2 aromatic heterocycles. The molecule has 8 heteroatoms. The number of carboxylic acids is 1. The van der Waals surface area contributed by atoms with Gasteiger partial charge in [0.1, 0.15) is 11.4 Å². The first-order chi connectivity index (χ1) is 15.5. The summed E-state index contributed by atoms with van der Waals surface area (Å²) in [4.78, 5) is 29.6. The topological polar surface area (TPSA) is 106 Å². The number of benzene rings is 2. The van der Waals surface area contributed by atoms with E-state index in [0.29, 0.717) is 11.4 Å². The predicted octanol–water partition coefficient (Wildman–Crippen LogP) is 3.85. The fourth-order valence-electron chi connectivity index (χ4n) is 3.68. The number of ether oxygens (including phenoxy) is 1. The van der Waals surface area contributed by atoms with Crippen LogP contribution in [0, 0.1) is 0 Å². The summed E-state index contributed by atoms with van der Waals surface area (Å²) in [7, 11) is 1.55. The number of nitrogens with one attached hydrogen (secondary N) is 1.